The number of nitrogens with one attached hydrogen (secondary N) is 3. The summed E-state index contributed by atoms with van der Waals surface area (Å²) in [4.78, 5) is 37.3. The molecule has 0 spiro atoms. The van der Waals surface area contributed by atoms with E-state index in [1.165, 1.54) is 14.2 Å². The van der Waals surface area contributed by atoms with Gasteiger partial charge in [0.25, 0.3) is 0 Å². The molecule has 0 unspecified atom stereocenters. The number of methoxy groups -OCH3 is 2. The maximum absolute atomic E-state index is 13.5. The number of amides is 2. The van der Waals surface area contributed by atoms with Crippen molar-refractivity contribution in [3.05, 3.63) is 65.2 Å². The van der Waals surface area contributed by atoms with Crippen molar-refractivity contribution >= 4 is 29.2 Å². The van der Waals surface area contributed by atoms with Crippen LogP contribution in [0.25, 0.3) is 0 Å². The Hall–Kier alpha value is -5.17. The van der Waals surface area contributed by atoms with Crippen molar-refractivity contribution in [2.75, 3.05) is 38.3 Å². The lowest BCUT2D eigenvalue weighted by Gasteiger charge is -2.40. The third-order valence-electron chi connectivity index (χ3n) is 9.20. The monoisotopic (exact) mass is 661 g/mol. The van der Waals surface area contributed by atoms with Crippen molar-refractivity contribution in [2.24, 2.45) is 11.8 Å². The largest absolute Gasteiger partial charge is 0.502 e. The molecule has 1 fully saturated rings. The molecule has 13 heteroatoms. The van der Waals surface area contributed by atoms with Crippen LogP contribution >= 0.6 is 0 Å². The van der Waals surface area contributed by atoms with E-state index in [1.807, 2.05) is 36.4 Å². The highest BCUT2D eigenvalue weighted by atomic mass is 16.7. The van der Waals surface area contributed by atoms with Crippen LogP contribution in [0.3, 0.4) is 0 Å². The van der Waals surface area contributed by atoms with Crippen LogP contribution < -0.4 is 35.1 Å². The van der Waals surface area contributed by atoms with Crippen molar-refractivity contribution in [2.45, 2.75) is 50.5 Å². The van der Waals surface area contributed by atoms with E-state index in [-0.39, 0.29) is 60.9 Å². The molecule has 13 nitrogen and oxygen atoms in total. The van der Waals surface area contributed by atoms with Crippen LogP contribution in [0.5, 0.6) is 28.7 Å². The average molecular weight is 662 g/mol. The summed E-state index contributed by atoms with van der Waals surface area (Å²) in [6.45, 7) is 0.276. The fourth-order valence-electron chi connectivity index (χ4n) is 6.91. The number of cyclic esters (lactones) is 1. The SMILES string of the molecule is COc1cc([C@@H]2c3cc4c(cc3[C@@H](Nc3cccc(NC(=O)CCCCCCC(=O)NO)c3)[C@H]3COC(=O)[C@H]23)OCO4)cc(OC)c1O. The number of hydroxylamine groups is 1. The molecule has 2 aliphatic heterocycles. The number of phenolic OH excluding ortho intramolecular Hbond substituents is 1. The molecule has 6 rings (SSSR count). The summed E-state index contributed by atoms with van der Waals surface area (Å²) in [6.07, 6.45) is 3.49. The summed E-state index contributed by atoms with van der Waals surface area (Å²) >= 11 is 0. The van der Waals surface area contributed by atoms with Crippen molar-refractivity contribution < 1.29 is 48.4 Å². The third kappa shape index (κ3) is 6.63. The topological polar surface area (TPSA) is 174 Å². The maximum atomic E-state index is 13.5. The van der Waals surface area contributed by atoms with Crippen LogP contribution in [0, 0.1) is 11.8 Å². The first-order valence-electron chi connectivity index (χ1n) is 16.0. The molecule has 3 aliphatic rings. The minimum absolute atomic E-state index is 0.0827. The van der Waals surface area contributed by atoms with E-state index in [9.17, 15) is 19.5 Å². The van der Waals surface area contributed by atoms with Gasteiger partial charge in [-0.25, -0.2) is 5.48 Å². The molecule has 2 amide bonds. The lowest BCUT2D eigenvalue weighted by atomic mass is 9.65. The number of fused-ring (bicyclic) bond motifs is 3. The lowest BCUT2D eigenvalue weighted by molar-refractivity contribution is -0.141. The molecule has 0 radical (unpaired) electrons. The van der Waals surface area contributed by atoms with Crippen LogP contribution in [-0.2, 0) is 19.1 Å². The van der Waals surface area contributed by atoms with Gasteiger partial charge in [0.15, 0.2) is 23.0 Å². The molecule has 48 heavy (non-hydrogen) atoms. The van der Waals surface area contributed by atoms with E-state index in [1.54, 1.807) is 17.6 Å². The molecule has 3 aromatic carbocycles. The first-order chi connectivity index (χ1) is 23.3. The molecular weight excluding hydrogens is 622 g/mol. The van der Waals surface area contributed by atoms with Gasteiger partial charge in [0.05, 0.1) is 32.8 Å². The van der Waals surface area contributed by atoms with Crippen molar-refractivity contribution in [1.29, 1.82) is 0 Å². The van der Waals surface area contributed by atoms with Crippen LogP contribution in [0.15, 0.2) is 48.5 Å². The Bertz CT molecular complexity index is 1670. The van der Waals surface area contributed by atoms with Gasteiger partial charge >= 0.3 is 5.97 Å². The second-order valence-corrected chi connectivity index (χ2v) is 12.1. The normalized spacial score (nSPS) is 20.3. The highest BCUT2D eigenvalue weighted by Crippen LogP contribution is 2.56. The number of ether oxygens (including phenoxy) is 5. The van der Waals surface area contributed by atoms with Crippen molar-refractivity contribution in [1.82, 2.24) is 5.48 Å². The van der Waals surface area contributed by atoms with Crippen LogP contribution in [0.1, 0.15) is 67.2 Å². The van der Waals surface area contributed by atoms with E-state index in [0.29, 0.717) is 42.0 Å². The maximum Gasteiger partial charge on any atom is 0.310 e. The third-order valence-corrected chi connectivity index (χ3v) is 9.20. The summed E-state index contributed by atoms with van der Waals surface area (Å²) in [5.41, 5.74) is 5.45. The molecule has 0 aromatic heterocycles. The molecular formula is C35H39N3O10. The number of carbonyl (C=O) groups excluding carboxylic acids is 3. The molecule has 5 N–H and O–H groups in total. The second-order valence-electron chi connectivity index (χ2n) is 12.1. The summed E-state index contributed by atoms with van der Waals surface area (Å²) in [5.74, 6) is -0.690. The Balaban J connectivity index is 1.25. The summed E-state index contributed by atoms with van der Waals surface area (Å²) < 4.78 is 28.1. The predicted octanol–water partition coefficient (Wildman–Crippen LogP) is 5.01. The molecule has 3 aromatic rings. The zero-order valence-electron chi connectivity index (χ0n) is 26.7. The van der Waals surface area contributed by atoms with Gasteiger partial charge in [0.2, 0.25) is 24.4 Å². The number of hydrogen-bond acceptors (Lipinski definition) is 11. The highest BCUT2D eigenvalue weighted by Gasteiger charge is 2.52. The lowest BCUT2D eigenvalue weighted by Crippen LogP contribution is -2.37. The number of carbonyl (C=O) groups is 3. The van der Waals surface area contributed by atoms with Gasteiger partial charge in [0.1, 0.15) is 0 Å². The van der Waals surface area contributed by atoms with Gasteiger partial charge in [-0.15, -0.1) is 0 Å². The number of phenols is 1. The van der Waals surface area contributed by atoms with E-state index in [2.05, 4.69) is 10.6 Å². The molecule has 2 heterocycles. The number of benzene rings is 3. The minimum atomic E-state index is -0.574. The second kappa shape index (κ2) is 14.3. The van der Waals surface area contributed by atoms with E-state index in [4.69, 9.17) is 28.9 Å². The Kier molecular flexibility index (Phi) is 9.76. The van der Waals surface area contributed by atoms with Gasteiger partial charge in [0, 0.05) is 36.1 Å². The van der Waals surface area contributed by atoms with E-state index < -0.39 is 17.7 Å². The minimum Gasteiger partial charge on any atom is -0.502 e. The molecule has 254 valence electrons. The fourth-order valence-corrected chi connectivity index (χ4v) is 6.91. The van der Waals surface area contributed by atoms with Gasteiger partial charge in [-0.2, -0.15) is 0 Å². The first kappa shape index (κ1) is 32.8. The zero-order chi connectivity index (χ0) is 33.8. The Morgan fingerprint density at radius 1 is 0.854 bits per heavy atom. The molecule has 1 aliphatic carbocycles. The number of aromatic hydroxyl groups is 1. The summed E-state index contributed by atoms with van der Waals surface area (Å²) in [5, 5.41) is 25.8. The van der Waals surface area contributed by atoms with E-state index in [0.717, 1.165) is 29.7 Å². The van der Waals surface area contributed by atoms with Crippen LogP contribution in [0.2, 0.25) is 0 Å². The summed E-state index contributed by atoms with van der Waals surface area (Å²) in [6, 6.07) is 14.3. The Labute approximate surface area is 277 Å². The van der Waals surface area contributed by atoms with Gasteiger partial charge in [-0.05, 0) is 72.0 Å². The number of rotatable bonds is 13. The number of anilines is 2. The predicted molar refractivity (Wildman–Crippen MR) is 173 cm³/mol. The standard InChI is InChI=1S/C35H39N3O10/c1-44-27-12-19(13-28(45-2)34(27)41)31-22-15-25-26(48-18-47-25)16-23(22)33(24-17-46-35(42)32(24)31)37-21-9-7-8-20(14-21)36-29(39)10-5-3-4-6-11-30(40)38-43/h7-9,12-16,24,31-33,37,41,43H,3-6,10-11,17-18H2,1-2H3,(H,36,39)(H,38,40)/t24-,31+,32-,33+/m0/s1. The van der Waals surface area contributed by atoms with Gasteiger partial charge in [-0.3, -0.25) is 19.6 Å². The van der Waals surface area contributed by atoms with Crippen LogP contribution in [-0.4, -0.2) is 55.7 Å². The molecule has 1 saturated heterocycles. The quantitative estimate of drug-likeness (QED) is 0.0721. The first-order valence-corrected chi connectivity index (χ1v) is 16.0. The Morgan fingerprint density at radius 3 is 2.17 bits per heavy atom. The number of unbranched alkanes of at least 4 members (excludes halogenated alkanes) is 3. The highest BCUT2D eigenvalue weighted by molar-refractivity contribution is 5.91. The Morgan fingerprint density at radius 2 is 1.50 bits per heavy atom. The summed E-state index contributed by atoms with van der Waals surface area (Å²) in [7, 11) is 2.91. The van der Waals surface area contributed by atoms with E-state index >= 15 is 0 Å². The fraction of sp³-hybridized carbons (Fsp3) is 0.400. The van der Waals surface area contributed by atoms with Crippen LogP contribution in [0.4, 0.5) is 11.4 Å². The van der Waals surface area contributed by atoms with Crippen molar-refractivity contribution in [3.63, 3.8) is 0 Å². The zero-order valence-corrected chi connectivity index (χ0v) is 26.7. The number of hydrogen-bond donors (Lipinski definition) is 5. The molecule has 4 atom stereocenters. The van der Waals surface area contributed by atoms with Gasteiger partial charge < -0.3 is 39.4 Å². The number of esters is 1. The van der Waals surface area contributed by atoms with Crippen molar-refractivity contribution in [3.8, 4) is 28.7 Å². The molecule has 0 bridgehead atoms. The molecule has 0 saturated carbocycles. The van der Waals surface area contributed by atoms with Gasteiger partial charge in [-0.1, -0.05) is 18.9 Å². The smallest absolute Gasteiger partial charge is 0.310 e. The average Bonchev–Trinajstić information content (AvgIpc) is 3.71.